The highest BCUT2D eigenvalue weighted by atomic mass is 19.1. The predicted octanol–water partition coefficient (Wildman–Crippen LogP) is 4.63. The van der Waals surface area contributed by atoms with Gasteiger partial charge in [-0.05, 0) is 36.4 Å². The molecule has 1 heterocycles. The number of para-hydroxylation sites is 2. The first-order valence-electron chi connectivity index (χ1n) is 7.84. The van der Waals surface area contributed by atoms with Crippen molar-refractivity contribution in [1.29, 1.82) is 0 Å². The number of furan rings is 1. The number of esters is 1. The minimum Gasteiger partial charge on any atom is -0.493 e. The fraction of sp³-hybridized carbons (Fsp3) is 0.150. The van der Waals surface area contributed by atoms with Crippen LogP contribution in [-0.2, 0) is 11.2 Å². The number of carbonyl (C=O) groups is 1. The molecule has 0 fully saturated rings. The summed E-state index contributed by atoms with van der Waals surface area (Å²) in [4.78, 5) is 12.0. The molecule has 0 aliphatic rings. The van der Waals surface area contributed by atoms with Crippen molar-refractivity contribution in [2.45, 2.75) is 12.8 Å². The van der Waals surface area contributed by atoms with Crippen LogP contribution in [0.15, 0.2) is 65.1 Å². The molecule has 2 aromatic carbocycles. The molecule has 0 amide bonds. The maximum Gasteiger partial charge on any atom is 0.311 e. The van der Waals surface area contributed by atoms with Crippen molar-refractivity contribution in [3.05, 3.63) is 72.2 Å². The molecule has 0 bridgehead atoms. The highest BCUT2D eigenvalue weighted by Gasteiger charge is 2.13. The van der Waals surface area contributed by atoms with Crippen LogP contribution in [0.3, 0.4) is 0 Å². The van der Waals surface area contributed by atoms with Crippen LogP contribution in [-0.4, -0.2) is 13.1 Å². The van der Waals surface area contributed by atoms with Crippen LogP contribution in [0.25, 0.3) is 11.3 Å². The number of methoxy groups -OCH3 is 1. The summed E-state index contributed by atoms with van der Waals surface area (Å²) < 4.78 is 29.8. The van der Waals surface area contributed by atoms with Gasteiger partial charge in [0.05, 0.1) is 19.1 Å². The van der Waals surface area contributed by atoms with E-state index in [0.717, 1.165) is 0 Å². The Labute approximate surface area is 144 Å². The van der Waals surface area contributed by atoms with Gasteiger partial charge in [0.15, 0.2) is 11.5 Å². The molecule has 0 atom stereocenters. The lowest BCUT2D eigenvalue weighted by Crippen LogP contribution is -2.09. The van der Waals surface area contributed by atoms with Gasteiger partial charge in [-0.25, -0.2) is 4.39 Å². The molecule has 3 rings (SSSR count). The number of hydrogen-bond acceptors (Lipinski definition) is 4. The third-order valence-corrected chi connectivity index (χ3v) is 3.67. The summed E-state index contributed by atoms with van der Waals surface area (Å²) in [7, 11) is 1.51. The van der Waals surface area contributed by atoms with Gasteiger partial charge in [0.25, 0.3) is 0 Å². The first kappa shape index (κ1) is 16.8. The Bertz CT molecular complexity index is 869. The van der Waals surface area contributed by atoms with E-state index < -0.39 is 5.97 Å². The third-order valence-electron chi connectivity index (χ3n) is 3.67. The van der Waals surface area contributed by atoms with Crippen LogP contribution in [0.2, 0.25) is 0 Å². The molecule has 4 nitrogen and oxygen atoms in total. The number of halogens is 1. The van der Waals surface area contributed by atoms with Gasteiger partial charge in [-0.15, -0.1) is 0 Å². The fourth-order valence-electron chi connectivity index (χ4n) is 2.42. The molecule has 0 radical (unpaired) electrons. The highest BCUT2D eigenvalue weighted by molar-refractivity contribution is 5.73. The van der Waals surface area contributed by atoms with Crippen molar-refractivity contribution in [2.75, 3.05) is 7.11 Å². The van der Waals surface area contributed by atoms with E-state index >= 15 is 0 Å². The molecule has 0 spiro atoms. The Hall–Kier alpha value is -3.08. The monoisotopic (exact) mass is 340 g/mol. The lowest BCUT2D eigenvalue weighted by molar-refractivity contribution is -0.134. The Morgan fingerprint density at radius 3 is 2.48 bits per heavy atom. The highest BCUT2D eigenvalue weighted by Crippen LogP contribution is 2.27. The number of hydrogen-bond donors (Lipinski definition) is 0. The summed E-state index contributed by atoms with van der Waals surface area (Å²) in [6.07, 6.45) is 0.505. The van der Waals surface area contributed by atoms with E-state index in [2.05, 4.69) is 0 Å². The Kier molecular flexibility index (Phi) is 5.14. The Balaban J connectivity index is 1.61. The fourth-order valence-corrected chi connectivity index (χ4v) is 2.42. The molecule has 0 saturated carbocycles. The summed E-state index contributed by atoms with van der Waals surface area (Å²) in [6.45, 7) is 0. The SMILES string of the molecule is COc1ccccc1OC(=O)CCc1ccc(-c2ccccc2F)o1. The molecule has 0 aliphatic heterocycles. The van der Waals surface area contributed by atoms with Crippen LogP contribution in [0.5, 0.6) is 11.5 Å². The van der Waals surface area contributed by atoms with Crippen molar-refractivity contribution >= 4 is 5.97 Å². The van der Waals surface area contributed by atoms with E-state index in [-0.39, 0.29) is 12.2 Å². The van der Waals surface area contributed by atoms with E-state index in [1.807, 2.05) is 0 Å². The van der Waals surface area contributed by atoms with Crippen molar-refractivity contribution in [2.24, 2.45) is 0 Å². The van der Waals surface area contributed by atoms with Gasteiger partial charge >= 0.3 is 5.97 Å². The average molecular weight is 340 g/mol. The standard InChI is InChI=1S/C20H17FO4/c1-23-18-8-4-5-9-19(18)25-20(22)13-11-14-10-12-17(24-14)15-6-2-3-7-16(15)21/h2-10,12H,11,13H2,1H3. The number of ether oxygens (including phenoxy) is 2. The molecule has 25 heavy (non-hydrogen) atoms. The first-order chi connectivity index (χ1) is 12.2. The van der Waals surface area contributed by atoms with Gasteiger partial charge in [0.2, 0.25) is 0 Å². The molecule has 3 aromatic rings. The molecule has 0 aliphatic carbocycles. The molecular formula is C20H17FO4. The summed E-state index contributed by atoms with van der Waals surface area (Å²) >= 11 is 0. The number of carbonyl (C=O) groups excluding carboxylic acids is 1. The predicted molar refractivity (Wildman–Crippen MR) is 91.1 cm³/mol. The molecule has 0 N–H and O–H groups in total. The van der Waals surface area contributed by atoms with Crippen molar-refractivity contribution in [1.82, 2.24) is 0 Å². The molecule has 0 saturated heterocycles. The molecule has 5 heteroatoms. The molecule has 1 aromatic heterocycles. The van der Waals surface area contributed by atoms with Crippen LogP contribution in [0.1, 0.15) is 12.2 Å². The van der Waals surface area contributed by atoms with E-state index in [1.54, 1.807) is 54.6 Å². The second-order valence-electron chi connectivity index (χ2n) is 5.37. The largest absolute Gasteiger partial charge is 0.493 e. The summed E-state index contributed by atoms with van der Waals surface area (Å²) in [5.74, 6) is 1.16. The summed E-state index contributed by atoms with van der Waals surface area (Å²) in [5.41, 5.74) is 0.394. The quantitative estimate of drug-likeness (QED) is 0.485. The van der Waals surface area contributed by atoms with Gasteiger partial charge in [-0.1, -0.05) is 24.3 Å². The van der Waals surface area contributed by atoms with Gasteiger partial charge in [-0.2, -0.15) is 0 Å². The third kappa shape index (κ3) is 4.07. The van der Waals surface area contributed by atoms with Crippen LogP contribution in [0, 0.1) is 5.82 Å². The molecular weight excluding hydrogens is 323 g/mol. The van der Waals surface area contributed by atoms with E-state index in [9.17, 15) is 9.18 Å². The van der Waals surface area contributed by atoms with Gasteiger partial charge in [0.1, 0.15) is 17.3 Å². The molecule has 0 unspecified atom stereocenters. The van der Waals surface area contributed by atoms with E-state index in [1.165, 1.54) is 13.2 Å². The van der Waals surface area contributed by atoms with Crippen LogP contribution < -0.4 is 9.47 Å². The maximum absolute atomic E-state index is 13.8. The van der Waals surface area contributed by atoms with Crippen molar-refractivity contribution in [3.63, 3.8) is 0 Å². The van der Waals surface area contributed by atoms with Gasteiger partial charge < -0.3 is 13.9 Å². The van der Waals surface area contributed by atoms with E-state index in [4.69, 9.17) is 13.9 Å². The molecule has 128 valence electrons. The number of benzene rings is 2. The number of aryl methyl sites for hydroxylation is 1. The Morgan fingerprint density at radius 2 is 1.72 bits per heavy atom. The lowest BCUT2D eigenvalue weighted by atomic mass is 10.1. The normalized spacial score (nSPS) is 10.5. The average Bonchev–Trinajstić information content (AvgIpc) is 3.09. The smallest absolute Gasteiger partial charge is 0.311 e. The minimum atomic E-state index is -0.395. The zero-order valence-corrected chi connectivity index (χ0v) is 13.7. The zero-order chi connectivity index (χ0) is 17.6. The minimum absolute atomic E-state index is 0.141. The van der Waals surface area contributed by atoms with Crippen LogP contribution in [0.4, 0.5) is 4.39 Å². The van der Waals surface area contributed by atoms with Crippen molar-refractivity contribution in [3.8, 4) is 22.8 Å². The lowest BCUT2D eigenvalue weighted by Gasteiger charge is -2.08. The Morgan fingerprint density at radius 1 is 1.00 bits per heavy atom. The van der Waals surface area contributed by atoms with E-state index in [0.29, 0.717) is 35.0 Å². The summed E-state index contributed by atoms with van der Waals surface area (Å²) in [6, 6.07) is 16.8. The second-order valence-corrected chi connectivity index (χ2v) is 5.37. The number of rotatable bonds is 6. The first-order valence-corrected chi connectivity index (χ1v) is 7.84. The van der Waals surface area contributed by atoms with Crippen molar-refractivity contribution < 1.29 is 23.1 Å². The maximum atomic E-state index is 13.8. The zero-order valence-electron chi connectivity index (χ0n) is 13.7. The van der Waals surface area contributed by atoms with Gasteiger partial charge in [0, 0.05) is 6.42 Å². The van der Waals surface area contributed by atoms with Gasteiger partial charge in [-0.3, -0.25) is 4.79 Å². The second kappa shape index (κ2) is 7.66. The van der Waals surface area contributed by atoms with Crippen LogP contribution >= 0.6 is 0 Å². The topological polar surface area (TPSA) is 48.7 Å². The summed E-state index contributed by atoms with van der Waals surface area (Å²) in [5, 5.41) is 0.